The van der Waals surface area contributed by atoms with Gasteiger partial charge in [-0.25, -0.2) is 0 Å². The van der Waals surface area contributed by atoms with Gasteiger partial charge in [-0.1, -0.05) is 31.5 Å². The van der Waals surface area contributed by atoms with E-state index in [4.69, 9.17) is 10.5 Å². The lowest BCUT2D eigenvalue weighted by atomic mass is 10.0. The number of rotatable bonds is 5. The van der Waals surface area contributed by atoms with Crippen molar-refractivity contribution in [2.75, 3.05) is 7.11 Å². The SMILES string of the molecule is COc1ccc(C)cc1C(C)NC(=O)C(N)C(C)C.Cl. The van der Waals surface area contributed by atoms with Gasteiger partial charge < -0.3 is 15.8 Å². The highest BCUT2D eigenvalue weighted by atomic mass is 35.5. The lowest BCUT2D eigenvalue weighted by Crippen LogP contribution is -2.44. The average Bonchev–Trinajstić information content (AvgIpc) is 2.37. The van der Waals surface area contributed by atoms with Gasteiger partial charge in [0, 0.05) is 5.56 Å². The lowest BCUT2D eigenvalue weighted by Gasteiger charge is -2.21. The maximum Gasteiger partial charge on any atom is 0.237 e. The zero-order valence-electron chi connectivity index (χ0n) is 12.8. The van der Waals surface area contributed by atoms with Crippen molar-refractivity contribution in [3.8, 4) is 5.75 Å². The van der Waals surface area contributed by atoms with Crippen LogP contribution in [0.15, 0.2) is 18.2 Å². The topological polar surface area (TPSA) is 64.3 Å². The summed E-state index contributed by atoms with van der Waals surface area (Å²) in [4.78, 5) is 12.0. The van der Waals surface area contributed by atoms with E-state index in [9.17, 15) is 4.79 Å². The quantitative estimate of drug-likeness (QED) is 0.878. The van der Waals surface area contributed by atoms with Gasteiger partial charge in [-0.2, -0.15) is 0 Å². The summed E-state index contributed by atoms with van der Waals surface area (Å²) in [5.41, 5.74) is 7.94. The molecule has 4 nitrogen and oxygen atoms in total. The molecule has 0 aromatic heterocycles. The second-order valence-electron chi connectivity index (χ2n) is 5.25. The van der Waals surface area contributed by atoms with E-state index in [0.29, 0.717) is 0 Å². The molecule has 0 aliphatic heterocycles. The molecular formula is C15H25ClN2O2. The first kappa shape index (κ1) is 18.7. The van der Waals surface area contributed by atoms with Crippen LogP contribution >= 0.6 is 12.4 Å². The van der Waals surface area contributed by atoms with Gasteiger partial charge in [-0.3, -0.25) is 4.79 Å². The number of nitrogens with one attached hydrogen (secondary N) is 1. The molecule has 0 aliphatic rings. The van der Waals surface area contributed by atoms with Gasteiger partial charge >= 0.3 is 0 Å². The molecule has 3 N–H and O–H groups in total. The van der Waals surface area contributed by atoms with Crippen LogP contribution in [0, 0.1) is 12.8 Å². The molecule has 5 heteroatoms. The number of carbonyl (C=O) groups excluding carboxylic acids is 1. The number of hydrogen-bond donors (Lipinski definition) is 2. The monoisotopic (exact) mass is 300 g/mol. The van der Waals surface area contributed by atoms with Gasteiger partial charge in [-0.15, -0.1) is 12.4 Å². The fourth-order valence-corrected chi connectivity index (χ4v) is 1.88. The Balaban J connectivity index is 0.00000361. The number of carbonyl (C=O) groups is 1. The number of halogens is 1. The summed E-state index contributed by atoms with van der Waals surface area (Å²) in [5.74, 6) is 0.759. The van der Waals surface area contributed by atoms with E-state index in [-0.39, 0.29) is 30.3 Å². The maximum atomic E-state index is 12.0. The van der Waals surface area contributed by atoms with Crippen molar-refractivity contribution in [2.24, 2.45) is 11.7 Å². The van der Waals surface area contributed by atoms with Crippen molar-refractivity contribution in [3.05, 3.63) is 29.3 Å². The highest BCUT2D eigenvalue weighted by Crippen LogP contribution is 2.26. The minimum atomic E-state index is -0.488. The van der Waals surface area contributed by atoms with Crippen LogP contribution in [0.2, 0.25) is 0 Å². The third-order valence-corrected chi connectivity index (χ3v) is 3.23. The Morgan fingerprint density at radius 1 is 1.30 bits per heavy atom. The molecule has 0 radical (unpaired) electrons. The molecule has 0 fully saturated rings. The van der Waals surface area contributed by atoms with Crippen LogP contribution in [0.5, 0.6) is 5.75 Å². The lowest BCUT2D eigenvalue weighted by molar-refractivity contribution is -0.123. The third-order valence-electron chi connectivity index (χ3n) is 3.23. The van der Waals surface area contributed by atoms with Crippen molar-refractivity contribution in [2.45, 2.75) is 39.8 Å². The molecule has 1 aromatic carbocycles. The largest absolute Gasteiger partial charge is 0.496 e. The number of nitrogens with two attached hydrogens (primary N) is 1. The van der Waals surface area contributed by atoms with Crippen molar-refractivity contribution in [3.63, 3.8) is 0 Å². The molecule has 1 amide bonds. The van der Waals surface area contributed by atoms with E-state index >= 15 is 0 Å². The van der Waals surface area contributed by atoms with Crippen LogP contribution in [0.4, 0.5) is 0 Å². The Kier molecular flexibility index (Phi) is 7.61. The van der Waals surface area contributed by atoms with Gasteiger partial charge in [0.2, 0.25) is 5.91 Å². The molecule has 0 spiro atoms. The second-order valence-corrected chi connectivity index (χ2v) is 5.25. The van der Waals surface area contributed by atoms with E-state index < -0.39 is 6.04 Å². The molecule has 114 valence electrons. The van der Waals surface area contributed by atoms with Crippen molar-refractivity contribution < 1.29 is 9.53 Å². The molecule has 1 aromatic rings. The summed E-state index contributed by atoms with van der Waals surface area (Å²) in [6, 6.07) is 5.29. The minimum absolute atomic E-state index is 0. The predicted octanol–water partition coefficient (Wildman–Crippen LogP) is 2.59. The fraction of sp³-hybridized carbons (Fsp3) is 0.533. The van der Waals surface area contributed by atoms with Crippen molar-refractivity contribution in [1.29, 1.82) is 0 Å². The third kappa shape index (κ3) is 4.69. The van der Waals surface area contributed by atoms with Crippen LogP contribution in [0.3, 0.4) is 0 Å². The molecule has 0 saturated carbocycles. The molecule has 20 heavy (non-hydrogen) atoms. The first-order valence-corrected chi connectivity index (χ1v) is 6.57. The smallest absolute Gasteiger partial charge is 0.237 e. The van der Waals surface area contributed by atoms with Crippen molar-refractivity contribution in [1.82, 2.24) is 5.32 Å². The molecule has 0 bridgehead atoms. The molecule has 2 atom stereocenters. The zero-order valence-corrected chi connectivity index (χ0v) is 13.6. The number of methoxy groups -OCH3 is 1. The van der Waals surface area contributed by atoms with E-state index in [1.807, 2.05) is 45.9 Å². The van der Waals surface area contributed by atoms with Gasteiger partial charge in [0.25, 0.3) is 0 Å². The van der Waals surface area contributed by atoms with E-state index in [2.05, 4.69) is 5.32 Å². The first-order valence-electron chi connectivity index (χ1n) is 6.57. The van der Waals surface area contributed by atoms with Crippen LogP contribution in [-0.4, -0.2) is 19.1 Å². The molecular weight excluding hydrogens is 276 g/mol. The minimum Gasteiger partial charge on any atom is -0.496 e. The number of hydrogen-bond acceptors (Lipinski definition) is 3. The summed E-state index contributed by atoms with van der Waals surface area (Å²) in [6.07, 6.45) is 0. The number of amides is 1. The van der Waals surface area contributed by atoms with Crippen LogP contribution < -0.4 is 15.8 Å². The summed E-state index contributed by atoms with van der Waals surface area (Å²) >= 11 is 0. The van der Waals surface area contributed by atoms with Crippen LogP contribution in [0.25, 0.3) is 0 Å². The van der Waals surface area contributed by atoms with Gasteiger partial charge in [0.05, 0.1) is 19.2 Å². The summed E-state index contributed by atoms with van der Waals surface area (Å²) < 4.78 is 5.33. The number of ether oxygens (including phenoxy) is 1. The van der Waals surface area contributed by atoms with Crippen molar-refractivity contribution >= 4 is 18.3 Å². The molecule has 0 saturated heterocycles. The molecule has 2 unspecified atom stereocenters. The first-order chi connectivity index (χ1) is 8.86. The maximum absolute atomic E-state index is 12.0. The summed E-state index contributed by atoms with van der Waals surface area (Å²) in [5, 5.41) is 2.94. The summed E-state index contributed by atoms with van der Waals surface area (Å²) in [7, 11) is 1.63. The normalized spacial score (nSPS) is 13.3. The highest BCUT2D eigenvalue weighted by Gasteiger charge is 2.20. The van der Waals surface area contributed by atoms with Gasteiger partial charge in [0.1, 0.15) is 5.75 Å². The molecule has 1 rings (SSSR count). The number of benzene rings is 1. The Labute approximate surface area is 127 Å². The fourth-order valence-electron chi connectivity index (χ4n) is 1.88. The summed E-state index contributed by atoms with van der Waals surface area (Å²) in [6.45, 7) is 7.81. The van der Waals surface area contributed by atoms with Crippen LogP contribution in [-0.2, 0) is 4.79 Å². The molecule has 0 aliphatic carbocycles. The Bertz CT molecular complexity index is 449. The van der Waals surface area contributed by atoms with E-state index in [1.54, 1.807) is 7.11 Å². The van der Waals surface area contributed by atoms with Gasteiger partial charge in [-0.05, 0) is 25.8 Å². The Morgan fingerprint density at radius 2 is 1.90 bits per heavy atom. The van der Waals surface area contributed by atoms with E-state index in [0.717, 1.165) is 16.9 Å². The molecule has 0 heterocycles. The zero-order chi connectivity index (χ0) is 14.6. The average molecular weight is 301 g/mol. The van der Waals surface area contributed by atoms with Crippen LogP contribution in [0.1, 0.15) is 37.9 Å². The van der Waals surface area contributed by atoms with Gasteiger partial charge in [0.15, 0.2) is 0 Å². The highest BCUT2D eigenvalue weighted by molar-refractivity contribution is 5.85. The standard InChI is InChI=1S/C15H24N2O2.ClH/c1-9(2)14(16)15(18)17-11(4)12-8-10(3)6-7-13(12)19-5;/h6-9,11,14H,16H2,1-5H3,(H,17,18);1H. The number of aryl methyl sites for hydroxylation is 1. The Morgan fingerprint density at radius 3 is 2.40 bits per heavy atom. The Hall–Kier alpha value is -1.26. The second kappa shape index (κ2) is 8.12. The van der Waals surface area contributed by atoms with E-state index in [1.165, 1.54) is 0 Å². The predicted molar refractivity (Wildman–Crippen MR) is 84.4 cm³/mol.